The first-order chi connectivity index (χ1) is 8.99. The quantitative estimate of drug-likeness (QED) is 0.878. The summed E-state index contributed by atoms with van der Waals surface area (Å²) < 4.78 is 28.4. The van der Waals surface area contributed by atoms with E-state index in [1.165, 1.54) is 16.9 Å². The molecular weight excluding hydrogens is 264 g/mol. The number of nitrogens with one attached hydrogen (secondary N) is 1. The van der Waals surface area contributed by atoms with Crippen molar-refractivity contribution in [3.63, 3.8) is 0 Å². The van der Waals surface area contributed by atoms with Gasteiger partial charge in [-0.15, -0.1) is 0 Å². The normalized spacial score (nSPS) is 17.6. The Labute approximate surface area is 114 Å². The maximum atomic E-state index is 12.2. The monoisotopic (exact) mass is 284 g/mol. The fourth-order valence-corrected chi connectivity index (χ4v) is 3.49. The highest BCUT2D eigenvalue weighted by molar-refractivity contribution is 7.90. The van der Waals surface area contributed by atoms with Gasteiger partial charge in [-0.05, 0) is 25.0 Å². The zero-order valence-corrected chi connectivity index (χ0v) is 11.9. The molecule has 1 aliphatic rings. The van der Waals surface area contributed by atoms with E-state index >= 15 is 0 Å². The van der Waals surface area contributed by atoms with Gasteiger partial charge in [-0.3, -0.25) is 4.72 Å². The molecule has 0 amide bonds. The first-order valence-electron chi connectivity index (χ1n) is 6.46. The minimum atomic E-state index is -3.52. The third kappa shape index (κ3) is 3.57. The third-order valence-corrected chi connectivity index (χ3v) is 5.05. The van der Waals surface area contributed by atoms with Crippen LogP contribution >= 0.6 is 0 Å². The van der Waals surface area contributed by atoms with Crippen LogP contribution in [0.15, 0.2) is 18.3 Å². The molecule has 1 aliphatic carbocycles. The minimum absolute atomic E-state index is 0.0907. The van der Waals surface area contributed by atoms with E-state index in [9.17, 15) is 8.42 Å². The van der Waals surface area contributed by atoms with Gasteiger partial charge in [0.15, 0.2) is 0 Å². The average molecular weight is 284 g/mol. The molecule has 1 fully saturated rings. The molecule has 2 rings (SSSR count). The Balaban J connectivity index is 2.06. The second-order valence-electron chi connectivity index (χ2n) is 4.89. The van der Waals surface area contributed by atoms with Crippen LogP contribution in [-0.2, 0) is 10.2 Å². The summed E-state index contributed by atoms with van der Waals surface area (Å²) in [5.74, 6) is 0.364. The summed E-state index contributed by atoms with van der Waals surface area (Å²) in [6.07, 6.45) is 6.65. The van der Waals surface area contributed by atoms with Gasteiger partial charge in [0, 0.05) is 13.1 Å². The highest BCUT2D eigenvalue weighted by Gasteiger charge is 2.27. The number of nitrogen functional groups attached to an aromatic ring is 1. The Morgan fingerprint density at radius 1 is 1.32 bits per heavy atom. The van der Waals surface area contributed by atoms with Crippen LogP contribution in [0.3, 0.4) is 0 Å². The van der Waals surface area contributed by atoms with Crippen molar-refractivity contribution < 1.29 is 8.42 Å². The van der Waals surface area contributed by atoms with E-state index < -0.39 is 10.2 Å². The number of anilines is 2. The zero-order chi connectivity index (χ0) is 13.9. The number of nitrogens with zero attached hydrogens (tertiary/aromatic N) is 2. The van der Waals surface area contributed by atoms with E-state index in [1.54, 1.807) is 19.2 Å². The highest BCUT2D eigenvalue weighted by Crippen LogP contribution is 2.24. The molecular formula is C12H20N4O2S. The van der Waals surface area contributed by atoms with E-state index in [0.29, 0.717) is 11.5 Å². The summed E-state index contributed by atoms with van der Waals surface area (Å²) in [6, 6.07) is 3.26. The minimum Gasteiger partial charge on any atom is -0.384 e. The maximum Gasteiger partial charge on any atom is 0.301 e. The summed E-state index contributed by atoms with van der Waals surface area (Å²) in [5, 5.41) is 0. The van der Waals surface area contributed by atoms with Crippen molar-refractivity contribution in [2.75, 3.05) is 17.5 Å². The first-order valence-corrected chi connectivity index (χ1v) is 7.90. The fraction of sp³-hybridized carbons (Fsp3) is 0.583. The second kappa shape index (κ2) is 5.75. The Kier molecular flexibility index (Phi) is 4.26. The van der Waals surface area contributed by atoms with Crippen molar-refractivity contribution in [1.82, 2.24) is 9.29 Å². The molecule has 0 atom stereocenters. The number of pyridine rings is 1. The van der Waals surface area contributed by atoms with Gasteiger partial charge >= 0.3 is 10.2 Å². The van der Waals surface area contributed by atoms with Gasteiger partial charge in [-0.25, -0.2) is 4.98 Å². The van der Waals surface area contributed by atoms with Crippen LogP contribution in [0.4, 0.5) is 11.5 Å². The number of rotatable bonds is 4. The lowest BCUT2D eigenvalue weighted by molar-refractivity contribution is 0.287. The van der Waals surface area contributed by atoms with Crippen molar-refractivity contribution in [3.05, 3.63) is 18.3 Å². The van der Waals surface area contributed by atoms with E-state index in [1.807, 2.05) is 0 Å². The summed E-state index contributed by atoms with van der Waals surface area (Å²) in [5.41, 5.74) is 5.90. The molecule has 7 heteroatoms. The van der Waals surface area contributed by atoms with Gasteiger partial charge in [0.1, 0.15) is 5.82 Å². The van der Waals surface area contributed by atoms with E-state index in [0.717, 1.165) is 25.7 Å². The highest BCUT2D eigenvalue weighted by atomic mass is 32.2. The standard InChI is InChI=1S/C12H20N4O2S/c1-16(11-5-3-2-4-6-11)19(17,18)15-10-7-8-12(13)14-9-10/h7-9,11,15H,2-6H2,1H3,(H2,13,14). The fourth-order valence-electron chi connectivity index (χ4n) is 2.33. The molecule has 1 heterocycles. The zero-order valence-electron chi connectivity index (χ0n) is 11.0. The van der Waals surface area contributed by atoms with Crippen LogP contribution in [0, 0.1) is 0 Å². The van der Waals surface area contributed by atoms with Crippen molar-refractivity contribution in [3.8, 4) is 0 Å². The average Bonchev–Trinajstić information content (AvgIpc) is 2.41. The van der Waals surface area contributed by atoms with Gasteiger partial charge < -0.3 is 5.73 Å². The Hall–Kier alpha value is -1.34. The lowest BCUT2D eigenvalue weighted by Crippen LogP contribution is -2.41. The number of hydrogen-bond donors (Lipinski definition) is 2. The lowest BCUT2D eigenvalue weighted by Gasteiger charge is -2.30. The molecule has 0 bridgehead atoms. The summed E-state index contributed by atoms with van der Waals surface area (Å²) in [6.45, 7) is 0. The summed E-state index contributed by atoms with van der Waals surface area (Å²) in [7, 11) is -1.90. The van der Waals surface area contributed by atoms with Crippen LogP contribution in [0.25, 0.3) is 0 Å². The Bertz CT molecular complexity index is 509. The topological polar surface area (TPSA) is 88.3 Å². The van der Waals surface area contributed by atoms with Crippen LogP contribution < -0.4 is 10.5 Å². The molecule has 19 heavy (non-hydrogen) atoms. The molecule has 6 nitrogen and oxygen atoms in total. The van der Waals surface area contributed by atoms with E-state index in [-0.39, 0.29) is 6.04 Å². The smallest absolute Gasteiger partial charge is 0.301 e. The van der Waals surface area contributed by atoms with Crippen LogP contribution in [-0.4, -0.2) is 30.8 Å². The predicted molar refractivity (Wildman–Crippen MR) is 75.8 cm³/mol. The molecule has 1 aromatic rings. The number of nitrogens with two attached hydrogens (primary N) is 1. The molecule has 0 aromatic carbocycles. The van der Waals surface area contributed by atoms with Crippen molar-refractivity contribution in [1.29, 1.82) is 0 Å². The SMILES string of the molecule is CN(C1CCCCC1)S(=O)(=O)Nc1ccc(N)nc1. The molecule has 106 valence electrons. The molecule has 0 radical (unpaired) electrons. The van der Waals surface area contributed by atoms with Gasteiger partial charge in [0.25, 0.3) is 0 Å². The van der Waals surface area contributed by atoms with Gasteiger partial charge in [0.05, 0.1) is 11.9 Å². The van der Waals surface area contributed by atoms with Gasteiger partial charge in [0.2, 0.25) is 0 Å². The molecule has 1 aromatic heterocycles. The second-order valence-corrected chi connectivity index (χ2v) is 6.62. The van der Waals surface area contributed by atoms with E-state index in [4.69, 9.17) is 5.73 Å². The van der Waals surface area contributed by atoms with Gasteiger partial charge in [-0.2, -0.15) is 12.7 Å². The Morgan fingerprint density at radius 2 is 2.00 bits per heavy atom. The van der Waals surface area contributed by atoms with Crippen LogP contribution in [0.1, 0.15) is 32.1 Å². The molecule has 0 saturated heterocycles. The largest absolute Gasteiger partial charge is 0.384 e. The molecule has 0 unspecified atom stereocenters. The predicted octanol–water partition coefficient (Wildman–Crippen LogP) is 1.58. The van der Waals surface area contributed by atoms with Crippen molar-refractivity contribution in [2.24, 2.45) is 0 Å². The molecule has 0 aliphatic heterocycles. The maximum absolute atomic E-state index is 12.2. The van der Waals surface area contributed by atoms with Gasteiger partial charge in [-0.1, -0.05) is 19.3 Å². The van der Waals surface area contributed by atoms with Crippen LogP contribution in [0.2, 0.25) is 0 Å². The molecule has 3 N–H and O–H groups in total. The molecule has 1 saturated carbocycles. The number of hydrogen-bond acceptors (Lipinski definition) is 4. The van der Waals surface area contributed by atoms with E-state index in [2.05, 4.69) is 9.71 Å². The van der Waals surface area contributed by atoms with Crippen LogP contribution in [0.5, 0.6) is 0 Å². The van der Waals surface area contributed by atoms with Crippen molar-refractivity contribution >= 4 is 21.7 Å². The molecule has 0 spiro atoms. The van der Waals surface area contributed by atoms with Crippen molar-refractivity contribution in [2.45, 2.75) is 38.1 Å². The lowest BCUT2D eigenvalue weighted by atomic mass is 9.96. The number of aromatic nitrogens is 1. The first kappa shape index (κ1) is 14.1. The third-order valence-electron chi connectivity index (χ3n) is 3.50. The summed E-state index contributed by atoms with van der Waals surface area (Å²) in [4.78, 5) is 3.87. The Morgan fingerprint density at radius 3 is 2.58 bits per heavy atom. The summed E-state index contributed by atoms with van der Waals surface area (Å²) >= 11 is 0.